The van der Waals surface area contributed by atoms with Gasteiger partial charge in [-0.1, -0.05) is 6.07 Å². The number of nitrogens with one attached hydrogen (secondary N) is 1. The minimum Gasteiger partial charge on any atom is -0.385 e. The molecule has 0 atom stereocenters. The van der Waals surface area contributed by atoms with E-state index in [4.69, 9.17) is 0 Å². The Bertz CT molecular complexity index is 491. The molecule has 1 aromatic carbocycles. The van der Waals surface area contributed by atoms with Gasteiger partial charge in [0.25, 0.3) is 0 Å². The molecule has 2 rings (SSSR count). The second kappa shape index (κ2) is 5.44. The van der Waals surface area contributed by atoms with Gasteiger partial charge in [-0.2, -0.15) is 24.5 Å². The van der Waals surface area contributed by atoms with E-state index in [9.17, 15) is 13.2 Å². The minimum atomic E-state index is -4.29. The van der Waals surface area contributed by atoms with Crippen molar-refractivity contribution in [1.82, 2.24) is 0 Å². The molecule has 0 saturated carbocycles. The molecular weight excluding hydrogens is 259 g/mol. The molecule has 96 valence electrons. The maximum absolute atomic E-state index is 12.5. The molecule has 0 aliphatic rings. The number of benzene rings is 1. The first-order chi connectivity index (χ1) is 8.55. The van der Waals surface area contributed by atoms with Crippen LogP contribution in [0.4, 0.5) is 18.9 Å². The van der Waals surface area contributed by atoms with Gasteiger partial charge < -0.3 is 5.32 Å². The first-order valence-electron chi connectivity index (χ1n) is 5.48. The van der Waals surface area contributed by atoms with Crippen molar-refractivity contribution < 1.29 is 13.2 Å². The Morgan fingerprint density at radius 1 is 1.17 bits per heavy atom. The number of rotatable bonds is 4. The van der Waals surface area contributed by atoms with Gasteiger partial charge in [0.1, 0.15) is 0 Å². The van der Waals surface area contributed by atoms with Crippen molar-refractivity contribution in [1.29, 1.82) is 0 Å². The number of hydrogen-bond acceptors (Lipinski definition) is 2. The van der Waals surface area contributed by atoms with Crippen LogP contribution in [0, 0.1) is 0 Å². The average Bonchev–Trinajstić information content (AvgIpc) is 2.81. The fourth-order valence-corrected chi connectivity index (χ4v) is 2.29. The molecule has 0 radical (unpaired) electrons. The molecule has 0 amide bonds. The Morgan fingerprint density at radius 2 is 2.00 bits per heavy atom. The molecule has 18 heavy (non-hydrogen) atoms. The molecule has 0 aliphatic heterocycles. The lowest BCUT2D eigenvalue weighted by Crippen LogP contribution is -2.08. The van der Waals surface area contributed by atoms with Gasteiger partial charge in [-0.3, -0.25) is 0 Å². The SMILES string of the molecule is FC(F)(F)c1cccc(NCCc2ccsc2)c1. The van der Waals surface area contributed by atoms with Crippen molar-refractivity contribution in [3.05, 3.63) is 52.2 Å². The second-order valence-corrected chi connectivity index (χ2v) is 4.67. The molecular formula is C13H12F3NS. The van der Waals surface area contributed by atoms with Gasteiger partial charge in [-0.25, -0.2) is 0 Å². The van der Waals surface area contributed by atoms with E-state index in [2.05, 4.69) is 5.32 Å². The Labute approximate surface area is 107 Å². The second-order valence-electron chi connectivity index (χ2n) is 3.89. The summed E-state index contributed by atoms with van der Waals surface area (Å²) in [5.41, 5.74) is 1.07. The fourth-order valence-electron chi connectivity index (χ4n) is 1.59. The normalized spacial score (nSPS) is 11.5. The topological polar surface area (TPSA) is 12.0 Å². The third-order valence-corrected chi connectivity index (χ3v) is 3.24. The molecule has 0 saturated heterocycles. The van der Waals surface area contributed by atoms with E-state index in [0.717, 1.165) is 18.6 Å². The molecule has 1 N–H and O–H groups in total. The maximum atomic E-state index is 12.5. The van der Waals surface area contributed by atoms with E-state index < -0.39 is 11.7 Å². The fraction of sp³-hybridized carbons (Fsp3) is 0.231. The van der Waals surface area contributed by atoms with Crippen LogP contribution in [-0.2, 0) is 12.6 Å². The summed E-state index contributed by atoms with van der Waals surface area (Å²) in [5.74, 6) is 0. The van der Waals surface area contributed by atoms with Crippen LogP contribution in [0.2, 0.25) is 0 Å². The maximum Gasteiger partial charge on any atom is 0.416 e. The van der Waals surface area contributed by atoms with E-state index in [1.807, 2.05) is 16.8 Å². The van der Waals surface area contributed by atoms with Crippen molar-refractivity contribution >= 4 is 17.0 Å². The van der Waals surface area contributed by atoms with E-state index in [1.54, 1.807) is 17.4 Å². The first kappa shape index (κ1) is 13.0. The van der Waals surface area contributed by atoms with Crippen molar-refractivity contribution in [3.63, 3.8) is 0 Å². The van der Waals surface area contributed by atoms with Crippen LogP contribution in [0.1, 0.15) is 11.1 Å². The van der Waals surface area contributed by atoms with Crippen LogP contribution < -0.4 is 5.32 Å². The third-order valence-electron chi connectivity index (χ3n) is 2.51. The van der Waals surface area contributed by atoms with Gasteiger partial charge in [0.15, 0.2) is 0 Å². The number of hydrogen-bond donors (Lipinski definition) is 1. The van der Waals surface area contributed by atoms with Crippen molar-refractivity contribution in [2.45, 2.75) is 12.6 Å². The standard InChI is InChI=1S/C13H12F3NS/c14-13(15,16)11-2-1-3-12(8-11)17-6-4-10-5-7-18-9-10/h1-3,5,7-9,17H,4,6H2. The summed E-state index contributed by atoms with van der Waals surface area (Å²) in [6.07, 6.45) is -3.48. The lowest BCUT2D eigenvalue weighted by molar-refractivity contribution is -0.137. The lowest BCUT2D eigenvalue weighted by Gasteiger charge is -2.10. The molecule has 1 aromatic heterocycles. The van der Waals surface area contributed by atoms with Crippen molar-refractivity contribution in [2.24, 2.45) is 0 Å². The number of anilines is 1. The highest BCUT2D eigenvalue weighted by Crippen LogP contribution is 2.30. The predicted molar refractivity (Wildman–Crippen MR) is 68.0 cm³/mol. The number of alkyl halides is 3. The summed E-state index contributed by atoms with van der Waals surface area (Å²) in [6.45, 7) is 0.623. The minimum absolute atomic E-state index is 0.500. The van der Waals surface area contributed by atoms with Gasteiger partial charge in [0.05, 0.1) is 5.56 Å². The van der Waals surface area contributed by atoms with Crippen LogP contribution in [0.5, 0.6) is 0 Å². The molecule has 1 nitrogen and oxygen atoms in total. The zero-order chi connectivity index (χ0) is 13.0. The molecule has 0 spiro atoms. The van der Waals surface area contributed by atoms with Crippen LogP contribution in [0.25, 0.3) is 0 Å². The smallest absolute Gasteiger partial charge is 0.385 e. The van der Waals surface area contributed by atoms with Gasteiger partial charge in [-0.15, -0.1) is 0 Å². The van der Waals surface area contributed by atoms with E-state index in [-0.39, 0.29) is 0 Å². The summed E-state index contributed by atoms with van der Waals surface area (Å²) in [6, 6.07) is 7.27. The highest BCUT2D eigenvalue weighted by molar-refractivity contribution is 7.07. The number of thiophene rings is 1. The Balaban J connectivity index is 1.93. The zero-order valence-corrected chi connectivity index (χ0v) is 10.3. The highest BCUT2D eigenvalue weighted by atomic mass is 32.1. The van der Waals surface area contributed by atoms with Gasteiger partial charge in [-0.05, 0) is 47.0 Å². The molecule has 0 unspecified atom stereocenters. The largest absolute Gasteiger partial charge is 0.416 e. The Morgan fingerprint density at radius 3 is 2.67 bits per heavy atom. The highest BCUT2D eigenvalue weighted by Gasteiger charge is 2.30. The summed E-state index contributed by atoms with van der Waals surface area (Å²) in [7, 11) is 0. The summed E-state index contributed by atoms with van der Waals surface area (Å²) in [5, 5.41) is 7.02. The monoisotopic (exact) mass is 271 g/mol. The summed E-state index contributed by atoms with van der Waals surface area (Å²) in [4.78, 5) is 0. The first-order valence-corrected chi connectivity index (χ1v) is 6.42. The lowest BCUT2D eigenvalue weighted by atomic mass is 10.2. The van der Waals surface area contributed by atoms with Crippen LogP contribution in [0.3, 0.4) is 0 Å². The Kier molecular flexibility index (Phi) is 3.91. The molecule has 0 fully saturated rings. The van der Waals surface area contributed by atoms with Crippen LogP contribution in [0.15, 0.2) is 41.1 Å². The van der Waals surface area contributed by atoms with Crippen molar-refractivity contribution in [3.8, 4) is 0 Å². The van der Waals surface area contributed by atoms with Crippen LogP contribution in [-0.4, -0.2) is 6.54 Å². The molecule has 5 heteroatoms. The predicted octanol–water partition coefficient (Wildman–Crippen LogP) is 4.42. The molecule has 2 aromatic rings. The van der Waals surface area contributed by atoms with Gasteiger partial charge in [0, 0.05) is 12.2 Å². The molecule has 1 heterocycles. The zero-order valence-electron chi connectivity index (χ0n) is 9.50. The quantitative estimate of drug-likeness (QED) is 0.868. The molecule has 0 aliphatic carbocycles. The van der Waals surface area contributed by atoms with Gasteiger partial charge in [0.2, 0.25) is 0 Å². The number of halogens is 3. The van der Waals surface area contributed by atoms with Crippen molar-refractivity contribution in [2.75, 3.05) is 11.9 Å². The van der Waals surface area contributed by atoms with E-state index >= 15 is 0 Å². The Hall–Kier alpha value is -1.49. The average molecular weight is 271 g/mol. The van der Waals surface area contributed by atoms with Crippen LogP contribution >= 0.6 is 11.3 Å². The summed E-state index contributed by atoms with van der Waals surface area (Å²) < 4.78 is 37.5. The third kappa shape index (κ3) is 3.50. The van der Waals surface area contributed by atoms with E-state index in [0.29, 0.717) is 12.2 Å². The molecule has 0 bridgehead atoms. The van der Waals surface area contributed by atoms with E-state index in [1.165, 1.54) is 11.6 Å². The summed E-state index contributed by atoms with van der Waals surface area (Å²) >= 11 is 1.62. The van der Waals surface area contributed by atoms with Gasteiger partial charge >= 0.3 is 6.18 Å².